The number of fused-ring (bicyclic) bond motifs is 1. The molecule has 5 heterocycles. The van der Waals surface area contributed by atoms with Crippen molar-refractivity contribution < 1.29 is 72.0 Å². The van der Waals surface area contributed by atoms with Gasteiger partial charge >= 0.3 is 11.9 Å². The van der Waals surface area contributed by atoms with E-state index in [1.165, 1.54) is 18.9 Å². The standard InChI is InChI=1S/C58H88IN3O15S/c1-32-28-57(8,70-14)51(75-54-47(64)41(61(10)11)26-33(2)71-54)35(4)48(74-44-29-56(7,69-13)50(65)37(6)72-44)36(5)52(66)76-55(59)58(9)45(34(3)46(32)63)49(53(67)77-58)78-25-24-62(31-38-18-17-23-60-30-38)39-21-22-42(68-12)43(27-39)73-40-19-15-16-20-40/h17-18,21-23,27,30,32-37,40-41,44-45,47-51,54-55,64-65H,15-16,19-20,24-26,28-29,31H2,1-14H3/t32-,33-,34-,35+,36-,37+,41+,44+,45+,47-,48+,49+,50+,51-,54+,55+,56-,57-,58+/m1/s1. The van der Waals surface area contributed by atoms with Crippen LogP contribution >= 0.6 is 34.4 Å². The summed E-state index contributed by atoms with van der Waals surface area (Å²) >= 11 is 3.45. The fourth-order valence-corrected chi connectivity index (χ4v) is 15.0. The van der Waals surface area contributed by atoms with Crippen molar-refractivity contribution in [3.05, 3.63) is 48.3 Å². The summed E-state index contributed by atoms with van der Waals surface area (Å²) in [7, 11) is 8.51. The molecular formula is C58H88IN3O15S. The van der Waals surface area contributed by atoms with E-state index >= 15 is 9.59 Å². The number of aliphatic hydroxyl groups excluding tert-OH is 2. The van der Waals surface area contributed by atoms with Gasteiger partial charge in [-0.05, 0) is 141 Å². The summed E-state index contributed by atoms with van der Waals surface area (Å²) in [5.74, 6) is -3.48. The number of aromatic nitrogens is 1. The molecule has 438 valence electrons. The Morgan fingerprint density at radius 1 is 0.872 bits per heavy atom. The molecule has 1 aliphatic carbocycles. The number of hydrogen-bond donors (Lipinski definition) is 2. The molecule has 2 N–H and O–H groups in total. The maximum absolute atomic E-state index is 15.4. The van der Waals surface area contributed by atoms with E-state index in [2.05, 4.69) is 9.88 Å². The Hall–Kier alpha value is -2.90. The van der Waals surface area contributed by atoms with Crippen molar-refractivity contribution in [3.63, 3.8) is 0 Å². The average Bonchev–Trinajstić information content (AvgIpc) is 4.25. The second kappa shape index (κ2) is 26.6. The summed E-state index contributed by atoms with van der Waals surface area (Å²) in [5, 5.41) is 22.3. The number of esters is 2. The zero-order valence-electron chi connectivity index (χ0n) is 48.3. The normalized spacial score (nSPS) is 39.3. The number of Topliss-reactive ketones (excluding diaryl/α,β-unsaturated/α-hetero) is 1. The third kappa shape index (κ3) is 13.8. The van der Waals surface area contributed by atoms with Crippen LogP contribution in [0.3, 0.4) is 0 Å². The maximum atomic E-state index is 15.4. The summed E-state index contributed by atoms with van der Waals surface area (Å²) in [6.07, 6.45) is 1.54. The quantitative estimate of drug-likeness (QED) is 0.0882. The number of methoxy groups -OCH3 is 3. The third-order valence-electron chi connectivity index (χ3n) is 17.5. The second-order valence-electron chi connectivity index (χ2n) is 23.4. The van der Waals surface area contributed by atoms with Crippen LogP contribution < -0.4 is 14.4 Å². The number of carbonyl (C=O) groups excluding carboxylic acids is 3. The lowest BCUT2D eigenvalue weighted by Crippen LogP contribution is -2.61. The highest BCUT2D eigenvalue weighted by Gasteiger charge is 2.62. The van der Waals surface area contributed by atoms with Crippen molar-refractivity contribution in [2.75, 3.05) is 52.6 Å². The first-order chi connectivity index (χ1) is 36.9. The fourth-order valence-electron chi connectivity index (χ4n) is 12.7. The van der Waals surface area contributed by atoms with E-state index in [-0.39, 0.29) is 36.9 Å². The van der Waals surface area contributed by atoms with Gasteiger partial charge in [0.25, 0.3) is 0 Å². The van der Waals surface area contributed by atoms with Crippen molar-refractivity contribution in [2.24, 2.45) is 29.6 Å². The van der Waals surface area contributed by atoms with Crippen molar-refractivity contribution >= 4 is 57.8 Å². The van der Waals surface area contributed by atoms with Crippen molar-refractivity contribution in [3.8, 4) is 11.5 Å². The Morgan fingerprint density at radius 3 is 2.22 bits per heavy atom. The molecule has 19 atom stereocenters. The molecule has 4 saturated heterocycles. The van der Waals surface area contributed by atoms with Gasteiger partial charge in [-0.15, -0.1) is 11.8 Å². The molecule has 7 rings (SSSR count). The monoisotopic (exact) mass is 1230 g/mol. The van der Waals surface area contributed by atoms with E-state index in [0.717, 1.165) is 36.9 Å². The van der Waals surface area contributed by atoms with E-state index < -0.39 is 111 Å². The lowest BCUT2D eigenvalue weighted by molar-refractivity contribution is -0.319. The highest BCUT2D eigenvalue weighted by Crippen LogP contribution is 2.50. The number of likely N-dealkylation sites (N-methyl/N-ethyl adjacent to an activating group) is 1. The molecule has 1 aromatic carbocycles. The topological polar surface area (TPSA) is 203 Å². The number of pyridine rings is 1. The summed E-state index contributed by atoms with van der Waals surface area (Å²) in [6.45, 7) is 17.4. The largest absolute Gasteiger partial charge is 0.493 e. The van der Waals surface area contributed by atoms with Gasteiger partial charge in [-0.2, -0.15) is 0 Å². The molecule has 0 spiro atoms. The number of halogens is 1. The molecule has 20 heteroatoms. The molecule has 78 heavy (non-hydrogen) atoms. The van der Waals surface area contributed by atoms with Crippen molar-refractivity contribution in [2.45, 2.75) is 201 Å². The number of thioether (sulfide) groups is 1. The first kappa shape index (κ1) is 62.7. The Kier molecular flexibility index (Phi) is 21.3. The van der Waals surface area contributed by atoms with Gasteiger partial charge < -0.3 is 67.4 Å². The van der Waals surface area contributed by atoms with Crippen LogP contribution in [0.1, 0.15) is 113 Å². The third-order valence-corrected chi connectivity index (χ3v) is 20.3. The summed E-state index contributed by atoms with van der Waals surface area (Å²) < 4.78 is 63.2. The minimum absolute atomic E-state index is 0.112. The number of benzene rings is 1. The van der Waals surface area contributed by atoms with Crippen LogP contribution in [0.4, 0.5) is 5.69 Å². The van der Waals surface area contributed by atoms with Gasteiger partial charge in [-0.3, -0.25) is 19.4 Å². The smallest absolute Gasteiger partial charge is 0.320 e. The molecule has 1 aromatic heterocycles. The van der Waals surface area contributed by atoms with Gasteiger partial charge in [-0.25, -0.2) is 0 Å². The molecule has 0 radical (unpaired) electrons. The van der Waals surface area contributed by atoms with Crippen LogP contribution in [-0.2, 0) is 58.8 Å². The number of ether oxygens (including phenoxy) is 10. The Balaban J connectivity index is 1.23. The zero-order valence-corrected chi connectivity index (χ0v) is 51.2. The Morgan fingerprint density at radius 2 is 1.58 bits per heavy atom. The Labute approximate surface area is 480 Å². The lowest BCUT2D eigenvalue weighted by Gasteiger charge is -2.49. The molecule has 5 fully saturated rings. The molecule has 0 unspecified atom stereocenters. The predicted molar refractivity (Wildman–Crippen MR) is 304 cm³/mol. The van der Waals surface area contributed by atoms with Crippen LogP contribution in [0.5, 0.6) is 11.5 Å². The van der Waals surface area contributed by atoms with Crippen LogP contribution in [0, 0.1) is 29.6 Å². The fraction of sp³-hybridized carbons (Fsp3) is 0.759. The number of nitrogens with zero attached hydrogens (tertiary/aromatic N) is 3. The van der Waals surface area contributed by atoms with Gasteiger partial charge in [0.15, 0.2) is 33.8 Å². The summed E-state index contributed by atoms with van der Waals surface area (Å²) in [4.78, 5) is 53.5. The SMILES string of the molecule is COc1ccc(N(CCS[C@@H]2C(=O)O[C@@]3(C)[C@H]2[C@@H](C)C(=O)[C@H](C)C[C@@](C)(OC)[C@H](O[C@@H]2O[C@H](C)C[C@H](N(C)C)[C@H]2O)[C@@H](C)[C@H](O[C@H]2C[C@@](C)(OC)[C@@H](O)[C@H](C)O2)[C@@H](C)C(=O)O[C@@H]3I)Cc2cccnc2)cc1OC1CCCC1. The first-order valence-corrected chi connectivity index (χ1v) is 30.1. The summed E-state index contributed by atoms with van der Waals surface area (Å²) in [5.41, 5.74) is -1.90. The van der Waals surface area contributed by atoms with Crippen LogP contribution in [0.15, 0.2) is 42.7 Å². The zero-order chi connectivity index (χ0) is 57.0. The number of alkyl halides is 1. The van der Waals surface area contributed by atoms with Crippen LogP contribution in [-0.4, -0.2) is 173 Å². The molecule has 0 amide bonds. The first-order valence-electron chi connectivity index (χ1n) is 27.8. The van der Waals surface area contributed by atoms with Crippen LogP contribution in [0.2, 0.25) is 0 Å². The minimum atomic E-state index is -1.45. The molecule has 0 bridgehead atoms. The molecular weight excluding hydrogens is 1140 g/mol. The van der Waals surface area contributed by atoms with Gasteiger partial charge in [-0.1, -0.05) is 26.8 Å². The lowest BCUT2D eigenvalue weighted by atomic mass is 9.72. The van der Waals surface area contributed by atoms with Crippen molar-refractivity contribution in [1.29, 1.82) is 0 Å². The summed E-state index contributed by atoms with van der Waals surface area (Å²) in [6, 6.07) is 9.57. The number of cyclic esters (lactones) is 1. The van der Waals surface area contributed by atoms with E-state index in [4.69, 9.17) is 47.4 Å². The van der Waals surface area contributed by atoms with E-state index in [1.807, 2.05) is 113 Å². The van der Waals surface area contributed by atoms with Crippen molar-refractivity contribution in [1.82, 2.24) is 9.88 Å². The Bertz CT molecular complexity index is 2320. The second-order valence-corrected chi connectivity index (χ2v) is 25.8. The molecule has 18 nitrogen and oxygen atoms in total. The number of hydrogen-bond acceptors (Lipinski definition) is 19. The molecule has 4 aliphatic heterocycles. The van der Waals surface area contributed by atoms with Gasteiger partial charge in [0, 0.05) is 93.3 Å². The van der Waals surface area contributed by atoms with E-state index in [0.29, 0.717) is 36.8 Å². The molecule has 2 aromatic rings. The highest BCUT2D eigenvalue weighted by molar-refractivity contribution is 14.1. The van der Waals surface area contributed by atoms with E-state index in [1.54, 1.807) is 48.1 Å². The van der Waals surface area contributed by atoms with Gasteiger partial charge in [0.1, 0.15) is 23.2 Å². The van der Waals surface area contributed by atoms with Crippen LogP contribution in [0.25, 0.3) is 0 Å². The number of carbonyl (C=O) groups is 3. The van der Waals surface area contributed by atoms with Gasteiger partial charge in [0.2, 0.25) is 0 Å². The maximum Gasteiger partial charge on any atom is 0.320 e. The molecule has 1 saturated carbocycles. The average molecular weight is 1230 g/mol. The predicted octanol–water partition coefficient (Wildman–Crippen LogP) is 7.78. The highest BCUT2D eigenvalue weighted by atomic mass is 127. The number of ketones is 1. The number of aliphatic hydroxyl groups is 2. The minimum Gasteiger partial charge on any atom is -0.493 e. The number of rotatable bonds is 17. The number of anilines is 1. The van der Waals surface area contributed by atoms with E-state index in [9.17, 15) is 15.0 Å². The van der Waals surface area contributed by atoms with Gasteiger partial charge in [0.05, 0.1) is 54.7 Å². The molecule has 5 aliphatic rings.